The average Bonchev–Trinajstić information content (AvgIpc) is 2.16. The van der Waals surface area contributed by atoms with Crippen LogP contribution in [0, 0.1) is 11.3 Å². The van der Waals surface area contributed by atoms with E-state index in [-0.39, 0.29) is 0 Å². The van der Waals surface area contributed by atoms with Crippen LogP contribution in [0.2, 0.25) is 0 Å². The molecule has 0 fully saturated rings. The van der Waals surface area contributed by atoms with Crippen molar-refractivity contribution < 1.29 is 13.6 Å². The molecule has 1 rings (SSSR count). The second-order valence-electron chi connectivity index (χ2n) is 2.51. The summed E-state index contributed by atoms with van der Waals surface area (Å²) in [5.74, 6) is 0. The second kappa shape index (κ2) is 4.19. The molecule has 1 aromatic heterocycles. The number of pyridine rings is 1. The maximum atomic E-state index is 12.2. The number of nitriles is 1. The molecule has 15 heavy (non-hydrogen) atoms. The summed E-state index contributed by atoms with van der Waals surface area (Å²) in [5, 5.41) is 7.45. The molecule has 78 valence electrons. The van der Waals surface area contributed by atoms with Crippen molar-refractivity contribution in [3.05, 3.63) is 33.2 Å². The third kappa shape index (κ3) is 2.02. The quantitative estimate of drug-likeness (QED) is 0.787. The molecular weight excluding hydrogens is 230 g/mol. The molecule has 0 saturated carbocycles. The number of halogens is 3. The van der Waals surface area contributed by atoms with Gasteiger partial charge in [0.25, 0.3) is 11.7 Å². The first kappa shape index (κ1) is 11.3. The standard InChI is InChI=1S/C8H3ClF2N2O2/c9-7(15)5-3(1-12)6(14)4(2-13-5)8(10)11/h2,8H,(H,13,14). The van der Waals surface area contributed by atoms with Crippen molar-refractivity contribution in [3.8, 4) is 6.07 Å². The molecular formula is C8H3ClF2N2O2. The highest BCUT2D eigenvalue weighted by Crippen LogP contribution is 2.15. The van der Waals surface area contributed by atoms with Gasteiger partial charge in [0.05, 0.1) is 5.56 Å². The van der Waals surface area contributed by atoms with Crippen LogP contribution in [-0.4, -0.2) is 10.2 Å². The minimum Gasteiger partial charge on any atom is -0.356 e. The van der Waals surface area contributed by atoms with Crippen LogP contribution >= 0.6 is 11.6 Å². The molecule has 0 radical (unpaired) electrons. The maximum Gasteiger partial charge on any atom is 0.270 e. The van der Waals surface area contributed by atoms with Gasteiger partial charge in [-0.1, -0.05) is 0 Å². The van der Waals surface area contributed by atoms with Crippen molar-refractivity contribution in [1.82, 2.24) is 4.98 Å². The smallest absolute Gasteiger partial charge is 0.270 e. The largest absolute Gasteiger partial charge is 0.356 e. The molecule has 0 unspecified atom stereocenters. The van der Waals surface area contributed by atoms with Crippen molar-refractivity contribution >= 4 is 16.8 Å². The molecule has 0 amide bonds. The Hall–Kier alpha value is -1.74. The van der Waals surface area contributed by atoms with Crippen LogP contribution in [0.3, 0.4) is 0 Å². The van der Waals surface area contributed by atoms with Gasteiger partial charge in [-0.25, -0.2) is 8.78 Å². The van der Waals surface area contributed by atoms with Gasteiger partial charge in [0.2, 0.25) is 5.43 Å². The summed E-state index contributed by atoms with van der Waals surface area (Å²) in [7, 11) is 0. The van der Waals surface area contributed by atoms with Crippen LogP contribution < -0.4 is 5.43 Å². The summed E-state index contributed by atoms with van der Waals surface area (Å²) < 4.78 is 24.5. The van der Waals surface area contributed by atoms with Crippen LogP contribution in [0.15, 0.2) is 11.0 Å². The number of hydrogen-bond acceptors (Lipinski definition) is 3. The van der Waals surface area contributed by atoms with E-state index in [0.29, 0.717) is 6.20 Å². The van der Waals surface area contributed by atoms with Crippen molar-refractivity contribution in [1.29, 1.82) is 5.26 Å². The molecule has 1 aromatic rings. The van der Waals surface area contributed by atoms with E-state index in [9.17, 15) is 18.4 Å². The van der Waals surface area contributed by atoms with Gasteiger partial charge in [0.1, 0.15) is 17.3 Å². The Labute approximate surface area is 87.1 Å². The van der Waals surface area contributed by atoms with Gasteiger partial charge in [0, 0.05) is 6.20 Å². The van der Waals surface area contributed by atoms with E-state index >= 15 is 0 Å². The van der Waals surface area contributed by atoms with Gasteiger partial charge in [-0.2, -0.15) is 5.26 Å². The Balaban J connectivity index is 3.56. The SMILES string of the molecule is N#Cc1c(C(=O)Cl)[nH]cc(C(F)F)c1=O. The molecule has 0 saturated heterocycles. The van der Waals surface area contributed by atoms with Crippen LogP contribution in [0.4, 0.5) is 8.78 Å². The number of H-pyrrole nitrogens is 1. The minimum atomic E-state index is -3.01. The van der Waals surface area contributed by atoms with Gasteiger partial charge in [-0.3, -0.25) is 9.59 Å². The Morgan fingerprint density at radius 1 is 1.60 bits per heavy atom. The molecule has 0 bridgehead atoms. The lowest BCUT2D eigenvalue weighted by Gasteiger charge is -2.01. The van der Waals surface area contributed by atoms with E-state index in [4.69, 9.17) is 16.9 Å². The van der Waals surface area contributed by atoms with E-state index in [0.717, 1.165) is 0 Å². The monoisotopic (exact) mass is 232 g/mol. The molecule has 0 spiro atoms. The van der Waals surface area contributed by atoms with Crippen molar-refractivity contribution in [2.24, 2.45) is 0 Å². The number of carbonyl (C=O) groups is 1. The molecule has 0 aliphatic heterocycles. The number of aromatic nitrogens is 1. The highest BCUT2D eigenvalue weighted by Gasteiger charge is 2.20. The molecule has 0 aromatic carbocycles. The summed E-state index contributed by atoms with van der Waals surface area (Å²) >= 11 is 5.04. The molecule has 1 heterocycles. The van der Waals surface area contributed by atoms with Crippen molar-refractivity contribution in [2.45, 2.75) is 6.43 Å². The van der Waals surface area contributed by atoms with Crippen LogP contribution in [-0.2, 0) is 0 Å². The van der Waals surface area contributed by atoms with Gasteiger partial charge in [-0.15, -0.1) is 0 Å². The van der Waals surface area contributed by atoms with E-state index in [1.54, 1.807) is 0 Å². The Kier molecular flexibility index (Phi) is 3.17. The number of hydrogen-bond donors (Lipinski definition) is 1. The Morgan fingerprint density at radius 2 is 2.20 bits per heavy atom. The number of carbonyl (C=O) groups excluding carboxylic acids is 1. The zero-order chi connectivity index (χ0) is 11.6. The number of nitrogens with one attached hydrogen (secondary N) is 1. The zero-order valence-corrected chi connectivity index (χ0v) is 7.81. The number of nitrogens with zero attached hydrogens (tertiary/aromatic N) is 1. The summed E-state index contributed by atoms with van der Waals surface area (Å²) in [6.45, 7) is 0. The van der Waals surface area contributed by atoms with Crippen LogP contribution in [0.5, 0.6) is 0 Å². The lowest BCUT2D eigenvalue weighted by atomic mass is 10.1. The third-order valence-corrected chi connectivity index (χ3v) is 1.84. The number of rotatable bonds is 2. The van der Waals surface area contributed by atoms with Crippen molar-refractivity contribution in [2.75, 3.05) is 0 Å². The highest BCUT2D eigenvalue weighted by atomic mass is 35.5. The van der Waals surface area contributed by atoms with Crippen LogP contribution in [0.1, 0.15) is 28.0 Å². The molecule has 7 heteroatoms. The minimum absolute atomic E-state index is 0.478. The molecule has 0 aliphatic rings. The highest BCUT2D eigenvalue weighted by molar-refractivity contribution is 6.67. The topological polar surface area (TPSA) is 73.7 Å². The van der Waals surface area contributed by atoms with Gasteiger partial charge in [-0.05, 0) is 11.6 Å². The predicted molar refractivity (Wildman–Crippen MR) is 46.9 cm³/mol. The first-order valence-electron chi connectivity index (χ1n) is 3.62. The first-order chi connectivity index (χ1) is 6.99. The van der Waals surface area contributed by atoms with Gasteiger partial charge in [0.15, 0.2) is 0 Å². The molecule has 4 nitrogen and oxygen atoms in total. The third-order valence-electron chi connectivity index (χ3n) is 1.65. The van der Waals surface area contributed by atoms with E-state index < -0.39 is 33.9 Å². The maximum absolute atomic E-state index is 12.2. The van der Waals surface area contributed by atoms with E-state index in [1.807, 2.05) is 0 Å². The Morgan fingerprint density at radius 3 is 2.60 bits per heavy atom. The number of aromatic amines is 1. The summed E-state index contributed by atoms with van der Waals surface area (Å²) in [4.78, 5) is 24.0. The summed E-state index contributed by atoms with van der Waals surface area (Å²) in [6, 6.07) is 1.36. The predicted octanol–water partition coefficient (Wildman–Crippen LogP) is 1.56. The fourth-order valence-corrected chi connectivity index (χ4v) is 1.12. The lowest BCUT2D eigenvalue weighted by molar-refractivity contribution is 0.107. The fourth-order valence-electron chi connectivity index (χ4n) is 0.969. The van der Waals surface area contributed by atoms with Gasteiger partial charge < -0.3 is 4.98 Å². The fraction of sp³-hybridized carbons (Fsp3) is 0.125. The van der Waals surface area contributed by atoms with Crippen molar-refractivity contribution in [3.63, 3.8) is 0 Å². The van der Waals surface area contributed by atoms with Gasteiger partial charge >= 0.3 is 0 Å². The summed E-state index contributed by atoms with van der Waals surface area (Å²) in [6.07, 6.45) is -2.34. The molecule has 0 aliphatic carbocycles. The number of alkyl halides is 2. The van der Waals surface area contributed by atoms with E-state index in [2.05, 4.69) is 4.98 Å². The zero-order valence-electron chi connectivity index (χ0n) is 7.05. The molecule has 1 N–H and O–H groups in total. The van der Waals surface area contributed by atoms with E-state index in [1.165, 1.54) is 6.07 Å². The average molecular weight is 233 g/mol. The first-order valence-corrected chi connectivity index (χ1v) is 4.00. The lowest BCUT2D eigenvalue weighted by Crippen LogP contribution is -2.18. The van der Waals surface area contributed by atoms with Crippen LogP contribution in [0.25, 0.3) is 0 Å². The Bertz CT molecular complexity index is 504. The molecule has 0 atom stereocenters. The summed E-state index contributed by atoms with van der Waals surface area (Å²) in [5.41, 5.74) is -3.23. The second-order valence-corrected chi connectivity index (χ2v) is 2.85. The normalized spacial score (nSPS) is 10.1.